The van der Waals surface area contributed by atoms with Crippen LogP contribution in [0.2, 0.25) is 0 Å². The SMILES string of the molecule is CC(C=O)c1cc(F)ccc1F. The molecule has 12 heavy (non-hydrogen) atoms. The molecule has 0 saturated heterocycles. The second-order valence-electron chi connectivity index (χ2n) is 2.59. The lowest BCUT2D eigenvalue weighted by Crippen LogP contribution is -1.98. The molecule has 1 atom stereocenters. The summed E-state index contributed by atoms with van der Waals surface area (Å²) in [6.07, 6.45) is 0.581. The van der Waals surface area contributed by atoms with Crippen LogP contribution >= 0.6 is 0 Å². The van der Waals surface area contributed by atoms with Gasteiger partial charge in [-0.2, -0.15) is 0 Å². The molecule has 1 aromatic carbocycles. The summed E-state index contributed by atoms with van der Waals surface area (Å²) in [5.74, 6) is -1.67. The molecule has 64 valence electrons. The Hall–Kier alpha value is -1.25. The van der Waals surface area contributed by atoms with Crippen LogP contribution in [0.1, 0.15) is 18.4 Å². The minimum atomic E-state index is -0.597. The van der Waals surface area contributed by atoms with Crippen molar-refractivity contribution in [3.63, 3.8) is 0 Å². The fourth-order valence-corrected chi connectivity index (χ4v) is 0.937. The van der Waals surface area contributed by atoms with Gasteiger partial charge in [-0.05, 0) is 18.2 Å². The van der Waals surface area contributed by atoms with E-state index in [-0.39, 0.29) is 5.56 Å². The van der Waals surface area contributed by atoms with E-state index in [1.807, 2.05) is 0 Å². The van der Waals surface area contributed by atoms with Crippen molar-refractivity contribution in [1.29, 1.82) is 0 Å². The number of hydrogen-bond acceptors (Lipinski definition) is 1. The minimum Gasteiger partial charge on any atom is -0.303 e. The molecule has 0 heterocycles. The maximum Gasteiger partial charge on any atom is 0.127 e. The van der Waals surface area contributed by atoms with Crippen molar-refractivity contribution in [3.8, 4) is 0 Å². The van der Waals surface area contributed by atoms with E-state index in [1.165, 1.54) is 6.92 Å². The summed E-state index contributed by atoms with van der Waals surface area (Å²) in [5, 5.41) is 0. The topological polar surface area (TPSA) is 17.1 Å². The third-order valence-corrected chi connectivity index (χ3v) is 1.65. The molecule has 0 fully saturated rings. The van der Waals surface area contributed by atoms with E-state index < -0.39 is 17.6 Å². The summed E-state index contributed by atoms with van der Waals surface area (Å²) in [6.45, 7) is 1.52. The molecule has 0 N–H and O–H groups in total. The predicted octanol–water partition coefficient (Wildman–Crippen LogP) is 2.27. The van der Waals surface area contributed by atoms with Crippen molar-refractivity contribution in [2.75, 3.05) is 0 Å². The number of benzene rings is 1. The van der Waals surface area contributed by atoms with Crippen LogP contribution in [0.5, 0.6) is 0 Å². The Balaban J connectivity index is 3.12. The summed E-state index contributed by atoms with van der Waals surface area (Å²) in [5.41, 5.74) is 0.102. The van der Waals surface area contributed by atoms with Crippen molar-refractivity contribution in [3.05, 3.63) is 35.4 Å². The van der Waals surface area contributed by atoms with E-state index in [0.29, 0.717) is 6.29 Å². The van der Waals surface area contributed by atoms with Crippen LogP contribution in [0, 0.1) is 11.6 Å². The molecule has 1 nitrogen and oxygen atoms in total. The van der Waals surface area contributed by atoms with Crippen LogP contribution in [-0.4, -0.2) is 6.29 Å². The van der Waals surface area contributed by atoms with Crippen LogP contribution in [0.3, 0.4) is 0 Å². The Kier molecular flexibility index (Phi) is 2.53. The molecule has 1 unspecified atom stereocenters. The molecular weight excluding hydrogens is 162 g/mol. The normalized spacial score (nSPS) is 12.6. The second-order valence-corrected chi connectivity index (χ2v) is 2.59. The maximum atomic E-state index is 12.9. The largest absolute Gasteiger partial charge is 0.303 e. The molecule has 0 radical (unpaired) electrons. The van der Waals surface area contributed by atoms with Gasteiger partial charge in [0.1, 0.15) is 17.9 Å². The van der Waals surface area contributed by atoms with Crippen LogP contribution in [0.15, 0.2) is 18.2 Å². The second kappa shape index (κ2) is 3.43. The van der Waals surface area contributed by atoms with Crippen LogP contribution < -0.4 is 0 Å². The molecule has 1 rings (SSSR count). The molecule has 0 aromatic heterocycles. The fourth-order valence-electron chi connectivity index (χ4n) is 0.937. The lowest BCUT2D eigenvalue weighted by Gasteiger charge is -2.04. The van der Waals surface area contributed by atoms with Gasteiger partial charge in [-0.3, -0.25) is 0 Å². The Morgan fingerprint density at radius 3 is 2.67 bits per heavy atom. The number of rotatable bonds is 2. The third kappa shape index (κ3) is 1.67. The van der Waals surface area contributed by atoms with E-state index in [9.17, 15) is 13.6 Å². The van der Waals surface area contributed by atoms with Crippen LogP contribution in [0.4, 0.5) is 8.78 Å². The average Bonchev–Trinajstić information content (AvgIpc) is 2.08. The van der Waals surface area contributed by atoms with Crippen molar-refractivity contribution in [1.82, 2.24) is 0 Å². The van der Waals surface area contributed by atoms with Crippen molar-refractivity contribution >= 4 is 6.29 Å². The lowest BCUT2D eigenvalue weighted by atomic mass is 10.0. The number of carbonyl (C=O) groups excluding carboxylic acids is 1. The van der Waals surface area contributed by atoms with Crippen molar-refractivity contribution < 1.29 is 13.6 Å². The van der Waals surface area contributed by atoms with Gasteiger partial charge in [0.25, 0.3) is 0 Å². The summed E-state index contributed by atoms with van der Waals surface area (Å²) in [4.78, 5) is 10.3. The van der Waals surface area contributed by atoms with Gasteiger partial charge in [-0.1, -0.05) is 6.92 Å². The summed E-state index contributed by atoms with van der Waals surface area (Å²) in [7, 11) is 0. The Labute approximate surface area is 69.0 Å². The molecule has 0 aliphatic heterocycles. The van der Waals surface area contributed by atoms with Gasteiger partial charge < -0.3 is 4.79 Å². The molecule has 0 aliphatic rings. The third-order valence-electron chi connectivity index (χ3n) is 1.65. The number of halogens is 2. The highest BCUT2D eigenvalue weighted by Crippen LogP contribution is 2.17. The zero-order chi connectivity index (χ0) is 9.14. The van der Waals surface area contributed by atoms with Gasteiger partial charge in [0.15, 0.2) is 0 Å². The average molecular weight is 170 g/mol. The van der Waals surface area contributed by atoms with E-state index in [2.05, 4.69) is 0 Å². The zero-order valence-corrected chi connectivity index (χ0v) is 6.55. The Morgan fingerprint density at radius 2 is 2.08 bits per heavy atom. The fraction of sp³-hybridized carbons (Fsp3) is 0.222. The van der Waals surface area contributed by atoms with Gasteiger partial charge in [0.2, 0.25) is 0 Å². The van der Waals surface area contributed by atoms with Crippen molar-refractivity contribution in [2.24, 2.45) is 0 Å². The van der Waals surface area contributed by atoms with E-state index in [0.717, 1.165) is 18.2 Å². The first-order valence-electron chi connectivity index (χ1n) is 3.55. The van der Waals surface area contributed by atoms with E-state index in [4.69, 9.17) is 0 Å². The standard InChI is InChI=1S/C9H8F2O/c1-6(5-12)8-4-7(10)2-3-9(8)11/h2-6H,1H3. The van der Waals surface area contributed by atoms with E-state index >= 15 is 0 Å². The first-order valence-corrected chi connectivity index (χ1v) is 3.55. The molecular formula is C9H8F2O. The Morgan fingerprint density at radius 1 is 1.42 bits per heavy atom. The van der Waals surface area contributed by atoms with Gasteiger partial charge >= 0.3 is 0 Å². The minimum absolute atomic E-state index is 0.102. The highest BCUT2D eigenvalue weighted by molar-refractivity contribution is 5.61. The quantitative estimate of drug-likeness (QED) is 0.622. The van der Waals surface area contributed by atoms with Crippen LogP contribution in [0.25, 0.3) is 0 Å². The summed E-state index contributed by atoms with van der Waals surface area (Å²) in [6, 6.07) is 3.08. The smallest absolute Gasteiger partial charge is 0.127 e. The van der Waals surface area contributed by atoms with Gasteiger partial charge in [-0.15, -0.1) is 0 Å². The summed E-state index contributed by atoms with van der Waals surface area (Å²) >= 11 is 0. The molecule has 0 spiro atoms. The maximum absolute atomic E-state index is 12.9. The molecule has 0 amide bonds. The van der Waals surface area contributed by atoms with Gasteiger partial charge in [-0.25, -0.2) is 8.78 Å². The summed E-state index contributed by atoms with van der Waals surface area (Å²) < 4.78 is 25.4. The lowest BCUT2D eigenvalue weighted by molar-refractivity contribution is -0.108. The predicted molar refractivity (Wildman–Crippen MR) is 40.8 cm³/mol. The first kappa shape index (κ1) is 8.84. The number of carbonyl (C=O) groups is 1. The highest BCUT2D eigenvalue weighted by Gasteiger charge is 2.10. The molecule has 0 bridgehead atoms. The van der Waals surface area contributed by atoms with Gasteiger partial charge in [0.05, 0.1) is 0 Å². The molecule has 3 heteroatoms. The monoisotopic (exact) mass is 170 g/mol. The number of aldehydes is 1. The highest BCUT2D eigenvalue weighted by atomic mass is 19.1. The van der Waals surface area contributed by atoms with Crippen molar-refractivity contribution in [2.45, 2.75) is 12.8 Å². The molecule has 0 saturated carbocycles. The zero-order valence-electron chi connectivity index (χ0n) is 6.55. The molecule has 0 aliphatic carbocycles. The van der Waals surface area contributed by atoms with Crippen LogP contribution in [-0.2, 0) is 4.79 Å². The Bertz CT molecular complexity index is 297. The first-order chi connectivity index (χ1) is 5.65. The van der Waals surface area contributed by atoms with E-state index in [1.54, 1.807) is 0 Å². The molecule has 1 aromatic rings. The number of hydrogen-bond donors (Lipinski definition) is 0. The van der Waals surface area contributed by atoms with Gasteiger partial charge in [0, 0.05) is 11.5 Å².